The van der Waals surface area contributed by atoms with Gasteiger partial charge in [-0.1, -0.05) is 32.4 Å². The number of likely N-dealkylation sites (tertiary alicyclic amines) is 1. The lowest BCUT2D eigenvalue weighted by molar-refractivity contribution is 0.0557. The first-order chi connectivity index (χ1) is 9.57. The quantitative estimate of drug-likeness (QED) is 0.809. The van der Waals surface area contributed by atoms with Crippen molar-refractivity contribution in [1.82, 2.24) is 9.88 Å². The van der Waals surface area contributed by atoms with Crippen LogP contribution < -0.4 is 4.74 Å². The van der Waals surface area contributed by atoms with E-state index in [1.807, 2.05) is 12.1 Å². The van der Waals surface area contributed by atoms with Crippen molar-refractivity contribution in [3.8, 4) is 5.88 Å². The summed E-state index contributed by atoms with van der Waals surface area (Å²) < 4.78 is 6.07. The normalized spacial score (nSPS) is 24.3. The van der Waals surface area contributed by atoms with E-state index < -0.39 is 0 Å². The van der Waals surface area contributed by atoms with Crippen molar-refractivity contribution in [1.29, 1.82) is 0 Å². The van der Waals surface area contributed by atoms with Crippen LogP contribution in [0.5, 0.6) is 5.88 Å². The second-order valence-corrected chi connectivity index (χ2v) is 8.43. The highest BCUT2D eigenvalue weighted by Crippen LogP contribution is 2.38. The standard InChI is InChI=1S/C17H27ClN2O/c1-16(2,3)14-9-13(11-20(14)17(4,5)6)21-15-8-7-12(18)10-19-15/h7-8,10,13-14H,9,11H2,1-6H3. The third-order valence-corrected chi connectivity index (χ3v) is 4.34. The van der Waals surface area contributed by atoms with Gasteiger partial charge in [0.1, 0.15) is 6.10 Å². The minimum Gasteiger partial charge on any atom is -0.473 e. The van der Waals surface area contributed by atoms with Crippen LogP contribution in [0.15, 0.2) is 18.3 Å². The molecule has 0 radical (unpaired) electrons. The molecule has 1 aromatic heterocycles. The van der Waals surface area contributed by atoms with E-state index in [2.05, 4.69) is 51.4 Å². The molecule has 1 aliphatic heterocycles. The monoisotopic (exact) mass is 310 g/mol. The summed E-state index contributed by atoms with van der Waals surface area (Å²) in [5.41, 5.74) is 0.377. The van der Waals surface area contributed by atoms with Gasteiger partial charge in [-0.25, -0.2) is 4.98 Å². The molecule has 1 fully saturated rings. The van der Waals surface area contributed by atoms with Gasteiger partial charge in [0.05, 0.1) is 5.02 Å². The van der Waals surface area contributed by atoms with E-state index >= 15 is 0 Å². The SMILES string of the molecule is CC(C)(C)C1CC(Oc2ccc(Cl)cn2)CN1C(C)(C)C. The molecule has 21 heavy (non-hydrogen) atoms. The summed E-state index contributed by atoms with van der Waals surface area (Å²) in [6, 6.07) is 4.17. The Bertz CT molecular complexity index is 451. The van der Waals surface area contributed by atoms with E-state index in [9.17, 15) is 0 Å². The van der Waals surface area contributed by atoms with Crippen molar-refractivity contribution in [2.45, 2.75) is 65.6 Å². The van der Waals surface area contributed by atoms with E-state index in [1.165, 1.54) is 0 Å². The minimum atomic E-state index is 0.142. The average Bonchev–Trinajstić information content (AvgIpc) is 2.76. The number of pyridine rings is 1. The lowest BCUT2D eigenvalue weighted by Crippen LogP contribution is -2.49. The number of rotatable bonds is 2. The van der Waals surface area contributed by atoms with Gasteiger partial charge in [-0.05, 0) is 32.3 Å². The topological polar surface area (TPSA) is 25.4 Å². The Morgan fingerprint density at radius 1 is 1.19 bits per heavy atom. The molecule has 0 aliphatic carbocycles. The summed E-state index contributed by atoms with van der Waals surface area (Å²) in [7, 11) is 0. The van der Waals surface area contributed by atoms with E-state index in [-0.39, 0.29) is 17.1 Å². The Morgan fingerprint density at radius 3 is 2.29 bits per heavy atom. The van der Waals surface area contributed by atoms with Gasteiger partial charge in [-0.3, -0.25) is 4.90 Å². The van der Waals surface area contributed by atoms with Crippen molar-refractivity contribution < 1.29 is 4.74 Å². The van der Waals surface area contributed by atoms with Crippen LogP contribution in [-0.4, -0.2) is 34.1 Å². The van der Waals surface area contributed by atoms with Crippen molar-refractivity contribution in [3.63, 3.8) is 0 Å². The molecule has 0 spiro atoms. The second-order valence-electron chi connectivity index (χ2n) is 8.00. The van der Waals surface area contributed by atoms with Crippen molar-refractivity contribution in [2.75, 3.05) is 6.54 Å². The van der Waals surface area contributed by atoms with Gasteiger partial charge in [-0.15, -0.1) is 0 Å². The largest absolute Gasteiger partial charge is 0.473 e. The fourth-order valence-electron chi connectivity index (χ4n) is 3.05. The molecule has 1 aliphatic rings. The van der Waals surface area contributed by atoms with Crippen LogP contribution in [0.4, 0.5) is 0 Å². The lowest BCUT2D eigenvalue weighted by Gasteiger charge is -2.42. The summed E-state index contributed by atoms with van der Waals surface area (Å²) >= 11 is 5.87. The van der Waals surface area contributed by atoms with Gasteiger partial charge in [0.15, 0.2) is 0 Å². The average molecular weight is 311 g/mol. The van der Waals surface area contributed by atoms with Gasteiger partial charge < -0.3 is 4.74 Å². The maximum atomic E-state index is 6.07. The van der Waals surface area contributed by atoms with Crippen LogP contribution in [0.3, 0.4) is 0 Å². The van der Waals surface area contributed by atoms with Crippen LogP contribution in [0, 0.1) is 5.41 Å². The fraction of sp³-hybridized carbons (Fsp3) is 0.706. The van der Waals surface area contributed by atoms with Crippen molar-refractivity contribution >= 4 is 11.6 Å². The fourth-order valence-corrected chi connectivity index (χ4v) is 3.16. The zero-order valence-electron chi connectivity index (χ0n) is 14.0. The molecule has 0 saturated carbocycles. The minimum absolute atomic E-state index is 0.142. The Balaban J connectivity index is 2.12. The molecule has 0 N–H and O–H groups in total. The highest BCUT2D eigenvalue weighted by atomic mass is 35.5. The van der Waals surface area contributed by atoms with Gasteiger partial charge in [0.25, 0.3) is 0 Å². The van der Waals surface area contributed by atoms with E-state index in [4.69, 9.17) is 16.3 Å². The first-order valence-corrected chi connectivity index (χ1v) is 8.00. The van der Waals surface area contributed by atoms with E-state index in [1.54, 1.807) is 6.20 Å². The summed E-state index contributed by atoms with van der Waals surface area (Å²) in [6.45, 7) is 14.7. The molecule has 1 saturated heterocycles. The van der Waals surface area contributed by atoms with Crippen LogP contribution in [-0.2, 0) is 0 Å². The van der Waals surface area contributed by atoms with E-state index in [0.717, 1.165) is 13.0 Å². The number of nitrogens with zero attached hydrogens (tertiary/aromatic N) is 2. The zero-order valence-corrected chi connectivity index (χ0v) is 14.7. The number of halogens is 1. The Morgan fingerprint density at radius 2 is 1.86 bits per heavy atom. The Hall–Kier alpha value is -0.800. The van der Waals surface area contributed by atoms with Crippen LogP contribution in [0.25, 0.3) is 0 Å². The first kappa shape index (κ1) is 16.6. The Kier molecular flexibility index (Phi) is 4.55. The van der Waals surface area contributed by atoms with Gasteiger partial charge in [0, 0.05) is 36.8 Å². The van der Waals surface area contributed by atoms with Crippen LogP contribution in [0.1, 0.15) is 48.0 Å². The summed E-state index contributed by atoms with van der Waals surface area (Å²) in [5.74, 6) is 0.660. The molecule has 0 bridgehead atoms. The number of hydrogen-bond donors (Lipinski definition) is 0. The molecule has 2 unspecified atom stereocenters. The molecule has 2 atom stereocenters. The number of aromatic nitrogens is 1. The lowest BCUT2D eigenvalue weighted by atomic mass is 9.83. The molecule has 2 rings (SSSR count). The zero-order chi connectivity index (χ0) is 15.8. The van der Waals surface area contributed by atoms with Crippen LogP contribution in [0.2, 0.25) is 5.02 Å². The van der Waals surface area contributed by atoms with Crippen LogP contribution >= 0.6 is 11.6 Å². The van der Waals surface area contributed by atoms with Gasteiger partial charge in [-0.2, -0.15) is 0 Å². The molecule has 1 aromatic rings. The summed E-state index contributed by atoms with van der Waals surface area (Å²) in [6.07, 6.45) is 2.85. The third kappa shape index (κ3) is 4.10. The summed E-state index contributed by atoms with van der Waals surface area (Å²) in [4.78, 5) is 6.81. The van der Waals surface area contributed by atoms with Crippen molar-refractivity contribution in [3.05, 3.63) is 23.4 Å². The van der Waals surface area contributed by atoms with Gasteiger partial charge in [0.2, 0.25) is 5.88 Å². The maximum Gasteiger partial charge on any atom is 0.213 e. The molecule has 4 heteroatoms. The highest BCUT2D eigenvalue weighted by molar-refractivity contribution is 6.30. The molecule has 118 valence electrons. The molecular weight excluding hydrogens is 284 g/mol. The molecule has 2 heterocycles. The molecule has 0 aromatic carbocycles. The summed E-state index contributed by atoms with van der Waals surface area (Å²) in [5, 5.41) is 0.637. The molecule has 3 nitrogen and oxygen atoms in total. The predicted octanol–water partition coefficient (Wildman–Crippen LogP) is 4.40. The Labute approximate surface area is 133 Å². The number of hydrogen-bond acceptors (Lipinski definition) is 3. The van der Waals surface area contributed by atoms with E-state index in [0.29, 0.717) is 16.9 Å². The third-order valence-electron chi connectivity index (χ3n) is 4.11. The molecular formula is C17H27ClN2O. The first-order valence-electron chi connectivity index (χ1n) is 7.62. The van der Waals surface area contributed by atoms with Gasteiger partial charge >= 0.3 is 0 Å². The molecule has 0 amide bonds. The maximum absolute atomic E-state index is 6.07. The number of ether oxygens (including phenoxy) is 1. The van der Waals surface area contributed by atoms with Crippen molar-refractivity contribution in [2.24, 2.45) is 5.41 Å². The predicted molar refractivity (Wildman–Crippen MR) is 88.0 cm³/mol. The highest BCUT2D eigenvalue weighted by Gasteiger charge is 2.44. The second kappa shape index (κ2) is 5.77. The smallest absolute Gasteiger partial charge is 0.213 e.